The summed E-state index contributed by atoms with van der Waals surface area (Å²) in [7, 11) is 0. The number of Topliss-reactive ketones (excluding diaryl/α,β-unsaturated/α-hetero) is 1. The Balaban J connectivity index is 1.87. The molecule has 0 aromatic carbocycles. The maximum atomic E-state index is 12.9. The normalized spacial score (nSPS) is 25.6. The fraction of sp³-hybridized carbons (Fsp3) is 0.900. The Bertz CT molecular complexity index is 400. The summed E-state index contributed by atoms with van der Waals surface area (Å²) in [6.07, 6.45) is 9.47. The Morgan fingerprint density at radius 3 is 2.08 bits per heavy atom. The van der Waals surface area contributed by atoms with Crippen LogP contribution in [0.3, 0.4) is 0 Å². The molecule has 2 aliphatic carbocycles. The first kappa shape index (κ1) is 19.4. The maximum Gasteiger partial charge on any atom is 0.309 e. The zero-order valence-electron chi connectivity index (χ0n) is 15.6. The first-order valence-corrected chi connectivity index (χ1v) is 10.1. The lowest BCUT2D eigenvalue weighted by Crippen LogP contribution is -2.38. The Morgan fingerprint density at radius 2 is 1.46 bits per heavy atom. The Hall–Kier alpha value is -0.900. The summed E-state index contributed by atoms with van der Waals surface area (Å²) in [6.45, 7) is 7.41. The molecular formula is C20H35NO3. The van der Waals surface area contributed by atoms with E-state index in [0.29, 0.717) is 12.4 Å². The molecule has 2 rings (SSSR count). The number of ether oxygens (including phenoxy) is 1. The number of nitrogens with zero attached hydrogens (tertiary/aromatic N) is 1. The Kier molecular flexibility index (Phi) is 8.23. The van der Waals surface area contributed by atoms with Gasteiger partial charge in [0.05, 0.1) is 5.92 Å². The van der Waals surface area contributed by atoms with E-state index in [2.05, 4.69) is 18.7 Å². The molecule has 0 heterocycles. The van der Waals surface area contributed by atoms with Crippen molar-refractivity contribution in [3.63, 3.8) is 0 Å². The van der Waals surface area contributed by atoms with Crippen molar-refractivity contribution in [1.82, 2.24) is 4.90 Å². The van der Waals surface area contributed by atoms with Crippen molar-refractivity contribution in [2.24, 2.45) is 17.8 Å². The fourth-order valence-electron chi connectivity index (χ4n) is 4.37. The Morgan fingerprint density at radius 1 is 0.875 bits per heavy atom. The molecule has 0 bridgehead atoms. The van der Waals surface area contributed by atoms with E-state index >= 15 is 0 Å². The second-order valence-electron chi connectivity index (χ2n) is 7.43. The molecule has 0 saturated heterocycles. The molecule has 0 aromatic rings. The van der Waals surface area contributed by atoms with Crippen LogP contribution in [0.5, 0.6) is 0 Å². The number of hydrogen-bond donors (Lipinski definition) is 0. The van der Waals surface area contributed by atoms with Crippen LogP contribution >= 0.6 is 0 Å². The molecule has 0 amide bonds. The smallest absolute Gasteiger partial charge is 0.309 e. The van der Waals surface area contributed by atoms with Crippen LogP contribution in [0.15, 0.2) is 0 Å². The summed E-state index contributed by atoms with van der Waals surface area (Å²) in [5, 5.41) is 0. The largest absolute Gasteiger partial charge is 0.464 e. The molecule has 24 heavy (non-hydrogen) atoms. The van der Waals surface area contributed by atoms with Gasteiger partial charge in [0.15, 0.2) is 0 Å². The fourth-order valence-corrected chi connectivity index (χ4v) is 4.37. The highest BCUT2D eigenvalue weighted by molar-refractivity contribution is 5.88. The van der Waals surface area contributed by atoms with E-state index < -0.39 is 0 Å². The average molecular weight is 338 g/mol. The summed E-state index contributed by atoms with van der Waals surface area (Å²) in [5.74, 6) is 0.164. The molecule has 0 aromatic heterocycles. The van der Waals surface area contributed by atoms with E-state index in [4.69, 9.17) is 4.74 Å². The van der Waals surface area contributed by atoms with E-state index in [1.807, 2.05) is 0 Å². The second kappa shape index (κ2) is 10.2. The lowest BCUT2D eigenvalue weighted by molar-refractivity contribution is -0.155. The number of esters is 1. The van der Waals surface area contributed by atoms with Gasteiger partial charge in [0.2, 0.25) is 0 Å². The lowest BCUT2D eigenvalue weighted by Gasteiger charge is -2.32. The number of carbonyl (C=O) groups is 2. The third-order valence-corrected chi connectivity index (χ3v) is 5.99. The van der Waals surface area contributed by atoms with Crippen LogP contribution in [0.4, 0.5) is 0 Å². The van der Waals surface area contributed by atoms with Gasteiger partial charge in [0.1, 0.15) is 12.4 Å². The quantitative estimate of drug-likeness (QED) is 0.632. The van der Waals surface area contributed by atoms with Crippen molar-refractivity contribution in [3.05, 3.63) is 0 Å². The van der Waals surface area contributed by atoms with Gasteiger partial charge in [-0.3, -0.25) is 9.59 Å². The van der Waals surface area contributed by atoms with Crippen LogP contribution in [-0.2, 0) is 14.3 Å². The molecular weight excluding hydrogens is 302 g/mol. The van der Waals surface area contributed by atoms with E-state index in [1.165, 1.54) is 19.3 Å². The van der Waals surface area contributed by atoms with Gasteiger partial charge in [-0.25, -0.2) is 0 Å². The minimum Gasteiger partial charge on any atom is -0.464 e. The van der Waals surface area contributed by atoms with Crippen LogP contribution in [0.1, 0.15) is 71.6 Å². The highest BCUT2D eigenvalue weighted by Crippen LogP contribution is 2.36. The number of rotatable bonds is 8. The van der Waals surface area contributed by atoms with Gasteiger partial charge >= 0.3 is 5.97 Å². The Labute approximate surface area is 147 Å². The van der Waals surface area contributed by atoms with Gasteiger partial charge in [-0.1, -0.05) is 46.0 Å². The number of carbonyl (C=O) groups excluding carboxylic acids is 2. The van der Waals surface area contributed by atoms with Gasteiger partial charge in [0.25, 0.3) is 0 Å². The minimum atomic E-state index is -0.190. The van der Waals surface area contributed by atoms with Crippen LogP contribution in [0, 0.1) is 17.8 Å². The van der Waals surface area contributed by atoms with Crippen molar-refractivity contribution in [3.8, 4) is 0 Å². The van der Waals surface area contributed by atoms with Gasteiger partial charge in [-0.2, -0.15) is 0 Å². The molecule has 138 valence electrons. The summed E-state index contributed by atoms with van der Waals surface area (Å²) >= 11 is 0. The molecule has 0 aliphatic heterocycles. The van der Waals surface area contributed by atoms with Gasteiger partial charge in [0, 0.05) is 18.4 Å². The molecule has 0 unspecified atom stereocenters. The first-order valence-electron chi connectivity index (χ1n) is 10.1. The van der Waals surface area contributed by atoms with Crippen LogP contribution in [0.25, 0.3) is 0 Å². The van der Waals surface area contributed by atoms with Gasteiger partial charge in [-0.05, 0) is 38.8 Å². The van der Waals surface area contributed by atoms with Gasteiger partial charge in [-0.15, -0.1) is 0 Å². The molecule has 0 spiro atoms. The molecule has 2 fully saturated rings. The zero-order chi connectivity index (χ0) is 17.4. The SMILES string of the molecule is CCN(CC)CCOC(=O)[C@@H]1CCCC[C@@H]1C(=O)C1CCCCC1. The van der Waals surface area contributed by atoms with Crippen LogP contribution in [0.2, 0.25) is 0 Å². The van der Waals surface area contributed by atoms with Crippen LogP contribution < -0.4 is 0 Å². The lowest BCUT2D eigenvalue weighted by atomic mass is 9.71. The predicted molar refractivity (Wildman–Crippen MR) is 95.8 cm³/mol. The first-order chi connectivity index (χ1) is 11.7. The maximum absolute atomic E-state index is 12.9. The van der Waals surface area contributed by atoms with Crippen molar-refractivity contribution in [2.45, 2.75) is 71.6 Å². The third kappa shape index (κ3) is 5.30. The topological polar surface area (TPSA) is 46.6 Å². The molecule has 0 N–H and O–H groups in total. The standard InChI is InChI=1S/C20H35NO3/c1-3-21(4-2)14-15-24-20(23)18-13-9-8-12-17(18)19(22)16-10-6-5-7-11-16/h16-18H,3-15H2,1-2H3/t17-,18+/m0/s1. The minimum absolute atomic E-state index is 0.0807. The molecule has 2 aliphatic rings. The summed E-state index contributed by atoms with van der Waals surface area (Å²) in [6, 6.07) is 0. The molecule has 4 nitrogen and oxygen atoms in total. The summed E-state index contributed by atoms with van der Waals surface area (Å²) < 4.78 is 5.55. The molecule has 4 heteroatoms. The van der Waals surface area contributed by atoms with Gasteiger partial charge < -0.3 is 9.64 Å². The monoisotopic (exact) mass is 337 g/mol. The molecule has 2 atom stereocenters. The van der Waals surface area contributed by atoms with E-state index in [9.17, 15) is 9.59 Å². The highest BCUT2D eigenvalue weighted by Gasteiger charge is 2.39. The third-order valence-electron chi connectivity index (χ3n) is 5.99. The number of hydrogen-bond acceptors (Lipinski definition) is 4. The number of ketones is 1. The predicted octanol–water partition coefficient (Wildman–Crippen LogP) is 3.83. The molecule has 2 saturated carbocycles. The van der Waals surface area contributed by atoms with E-state index in [1.54, 1.807) is 0 Å². The van der Waals surface area contributed by atoms with Crippen molar-refractivity contribution >= 4 is 11.8 Å². The van der Waals surface area contributed by atoms with Crippen LogP contribution in [-0.4, -0.2) is 42.9 Å². The summed E-state index contributed by atoms with van der Waals surface area (Å²) in [4.78, 5) is 27.7. The second-order valence-corrected chi connectivity index (χ2v) is 7.43. The zero-order valence-corrected chi connectivity index (χ0v) is 15.6. The van der Waals surface area contributed by atoms with Crippen molar-refractivity contribution in [1.29, 1.82) is 0 Å². The molecule has 0 radical (unpaired) electrons. The van der Waals surface area contributed by atoms with Crippen molar-refractivity contribution < 1.29 is 14.3 Å². The average Bonchev–Trinajstić information content (AvgIpc) is 2.65. The number of likely N-dealkylation sites (N-methyl/N-ethyl adjacent to an activating group) is 1. The van der Waals surface area contributed by atoms with E-state index in [-0.39, 0.29) is 23.7 Å². The van der Waals surface area contributed by atoms with E-state index in [0.717, 1.165) is 58.2 Å². The summed E-state index contributed by atoms with van der Waals surface area (Å²) in [5.41, 5.74) is 0. The highest BCUT2D eigenvalue weighted by atomic mass is 16.5. The van der Waals surface area contributed by atoms with Crippen molar-refractivity contribution in [2.75, 3.05) is 26.2 Å².